The van der Waals surface area contributed by atoms with E-state index in [-0.39, 0.29) is 16.1 Å². The molecule has 0 saturated carbocycles. The minimum absolute atomic E-state index is 0.208. The minimum atomic E-state index is -0.288. The highest BCUT2D eigenvalue weighted by Crippen LogP contribution is 2.10. The van der Waals surface area contributed by atoms with Crippen LogP contribution in [0.2, 0.25) is 0 Å². The van der Waals surface area contributed by atoms with Crippen molar-refractivity contribution in [2.75, 3.05) is 0 Å². The molecular formula is C12H11FN2OS. The van der Waals surface area contributed by atoms with Crippen molar-refractivity contribution in [1.29, 1.82) is 0 Å². The van der Waals surface area contributed by atoms with E-state index in [1.165, 1.54) is 12.1 Å². The smallest absolute Gasteiger partial charge is 0.254 e. The van der Waals surface area contributed by atoms with Crippen molar-refractivity contribution in [3.05, 3.63) is 62.0 Å². The average Bonchev–Trinajstić information content (AvgIpc) is 2.25. The van der Waals surface area contributed by atoms with Crippen LogP contribution in [0.1, 0.15) is 16.8 Å². The third kappa shape index (κ3) is 2.68. The molecule has 5 heteroatoms. The highest BCUT2D eigenvalue weighted by molar-refractivity contribution is 7.71. The number of benzene rings is 1. The standard InChI is InChI=1S/C12H11FN2OS/c1-7-10(14-12(17)15-11(7)16)6-8-3-2-4-9(13)5-8/h2-5H,6H2,1H3,(H2,14,15,16,17). The molecule has 1 aromatic heterocycles. The fourth-order valence-electron chi connectivity index (χ4n) is 1.62. The Balaban J connectivity index is 2.43. The summed E-state index contributed by atoms with van der Waals surface area (Å²) in [5.41, 5.74) is 1.87. The van der Waals surface area contributed by atoms with E-state index in [0.717, 1.165) is 5.56 Å². The Kier molecular flexibility index (Phi) is 3.19. The van der Waals surface area contributed by atoms with Gasteiger partial charge < -0.3 is 4.98 Å². The number of aromatic nitrogens is 2. The molecule has 17 heavy (non-hydrogen) atoms. The van der Waals surface area contributed by atoms with Crippen LogP contribution in [-0.4, -0.2) is 9.97 Å². The van der Waals surface area contributed by atoms with Crippen molar-refractivity contribution in [3.8, 4) is 0 Å². The van der Waals surface area contributed by atoms with Crippen LogP contribution in [0.3, 0.4) is 0 Å². The van der Waals surface area contributed by atoms with Gasteiger partial charge in [0.05, 0.1) is 0 Å². The SMILES string of the molecule is Cc1c(Cc2cccc(F)c2)[nH]c(=S)[nH]c1=O. The monoisotopic (exact) mass is 250 g/mol. The molecule has 0 radical (unpaired) electrons. The number of hydrogen-bond acceptors (Lipinski definition) is 2. The van der Waals surface area contributed by atoms with Gasteiger partial charge in [0.15, 0.2) is 4.77 Å². The van der Waals surface area contributed by atoms with Crippen LogP contribution in [0.15, 0.2) is 29.1 Å². The summed E-state index contributed by atoms with van der Waals surface area (Å²) in [6, 6.07) is 6.27. The summed E-state index contributed by atoms with van der Waals surface area (Å²) in [4.78, 5) is 16.9. The quantitative estimate of drug-likeness (QED) is 0.804. The second kappa shape index (κ2) is 4.63. The zero-order valence-electron chi connectivity index (χ0n) is 9.21. The number of halogens is 1. The molecule has 1 aromatic carbocycles. The van der Waals surface area contributed by atoms with Gasteiger partial charge in [-0.1, -0.05) is 12.1 Å². The van der Waals surface area contributed by atoms with Crippen molar-refractivity contribution in [3.63, 3.8) is 0 Å². The van der Waals surface area contributed by atoms with Crippen molar-refractivity contribution >= 4 is 12.2 Å². The third-order valence-corrected chi connectivity index (χ3v) is 2.76. The van der Waals surface area contributed by atoms with Crippen LogP contribution < -0.4 is 5.56 Å². The Bertz CT molecular complexity index is 660. The second-order valence-electron chi connectivity index (χ2n) is 3.82. The van der Waals surface area contributed by atoms with Gasteiger partial charge in [-0.25, -0.2) is 4.39 Å². The summed E-state index contributed by atoms with van der Waals surface area (Å²) in [7, 11) is 0. The molecule has 0 saturated heterocycles. The Morgan fingerprint density at radius 1 is 1.35 bits per heavy atom. The second-order valence-corrected chi connectivity index (χ2v) is 4.23. The minimum Gasteiger partial charge on any atom is -0.335 e. The largest absolute Gasteiger partial charge is 0.335 e. The lowest BCUT2D eigenvalue weighted by atomic mass is 10.1. The Hall–Kier alpha value is -1.75. The molecule has 3 nitrogen and oxygen atoms in total. The number of nitrogens with one attached hydrogen (secondary N) is 2. The predicted molar refractivity (Wildman–Crippen MR) is 66.2 cm³/mol. The van der Waals surface area contributed by atoms with E-state index in [4.69, 9.17) is 12.2 Å². The number of hydrogen-bond donors (Lipinski definition) is 2. The maximum atomic E-state index is 13.0. The molecular weight excluding hydrogens is 239 g/mol. The summed E-state index contributed by atoms with van der Waals surface area (Å²) in [5.74, 6) is -0.288. The van der Waals surface area contributed by atoms with Gasteiger partial charge in [0.25, 0.3) is 5.56 Å². The van der Waals surface area contributed by atoms with Gasteiger partial charge in [-0.3, -0.25) is 9.78 Å². The van der Waals surface area contributed by atoms with Gasteiger partial charge in [0.1, 0.15) is 5.82 Å². The molecule has 0 spiro atoms. The summed E-state index contributed by atoms with van der Waals surface area (Å²) in [6.45, 7) is 1.71. The van der Waals surface area contributed by atoms with Gasteiger partial charge in [0.2, 0.25) is 0 Å². The van der Waals surface area contributed by atoms with Crippen LogP contribution in [0.5, 0.6) is 0 Å². The van der Waals surface area contributed by atoms with Gasteiger partial charge in [-0.05, 0) is 36.8 Å². The molecule has 0 fully saturated rings. The molecule has 0 atom stereocenters. The van der Waals surface area contributed by atoms with E-state index in [1.54, 1.807) is 19.1 Å². The Morgan fingerprint density at radius 2 is 2.12 bits per heavy atom. The first kappa shape index (κ1) is 11.7. The van der Waals surface area contributed by atoms with E-state index in [0.29, 0.717) is 17.7 Å². The molecule has 2 aromatic rings. The summed E-state index contributed by atoms with van der Waals surface area (Å²) in [5, 5.41) is 0. The van der Waals surface area contributed by atoms with E-state index in [2.05, 4.69) is 9.97 Å². The van der Waals surface area contributed by atoms with E-state index < -0.39 is 0 Å². The van der Waals surface area contributed by atoms with Crippen molar-refractivity contribution in [2.24, 2.45) is 0 Å². The predicted octanol–water partition coefficient (Wildman–Crippen LogP) is 2.47. The molecule has 0 aliphatic rings. The molecule has 0 aliphatic heterocycles. The van der Waals surface area contributed by atoms with Crippen molar-refractivity contribution in [2.45, 2.75) is 13.3 Å². The molecule has 0 unspecified atom stereocenters. The lowest BCUT2D eigenvalue weighted by Gasteiger charge is -2.05. The Morgan fingerprint density at radius 3 is 2.82 bits per heavy atom. The number of H-pyrrole nitrogens is 2. The van der Waals surface area contributed by atoms with Crippen molar-refractivity contribution in [1.82, 2.24) is 9.97 Å². The van der Waals surface area contributed by atoms with E-state index in [1.807, 2.05) is 0 Å². The first-order valence-corrected chi connectivity index (χ1v) is 5.53. The lowest BCUT2D eigenvalue weighted by Crippen LogP contribution is -2.15. The summed E-state index contributed by atoms with van der Waals surface area (Å²) < 4.78 is 13.3. The molecule has 2 N–H and O–H groups in total. The van der Waals surface area contributed by atoms with Crippen LogP contribution in [0.25, 0.3) is 0 Å². The molecule has 0 aliphatic carbocycles. The number of aromatic amines is 2. The van der Waals surface area contributed by atoms with Gasteiger partial charge in [-0.15, -0.1) is 0 Å². The average molecular weight is 250 g/mol. The van der Waals surface area contributed by atoms with Gasteiger partial charge in [-0.2, -0.15) is 0 Å². The van der Waals surface area contributed by atoms with Crippen molar-refractivity contribution < 1.29 is 4.39 Å². The zero-order chi connectivity index (χ0) is 12.4. The topological polar surface area (TPSA) is 48.6 Å². The molecule has 88 valence electrons. The Labute approximate surface area is 102 Å². The summed E-state index contributed by atoms with van der Waals surface area (Å²) >= 11 is 4.90. The fraction of sp³-hybridized carbons (Fsp3) is 0.167. The fourth-order valence-corrected chi connectivity index (χ4v) is 1.84. The summed E-state index contributed by atoms with van der Waals surface area (Å²) in [6.07, 6.45) is 0.456. The third-order valence-electron chi connectivity index (χ3n) is 2.55. The van der Waals surface area contributed by atoms with Crippen LogP contribution >= 0.6 is 12.2 Å². The van der Waals surface area contributed by atoms with E-state index in [9.17, 15) is 9.18 Å². The maximum Gasteiger partial charge on any atom is 0.254 e. The normalized spacial score (nSPS) is 10.5. The first-order valence-electron chi connectivity index (χ1n) is 5.13. The van der Waals surface area contributed by atoms with Crippen LogP contribution in [0.4, 0.5) is 4.39 Å². The van der Waals surface area contributed by atoms with Crippen LogP contribution in [0, 0.1) is 17.5 Å². The molecule has 0 bridgehead atoms. The lowest BCUT2D eigenvalue weighted by molar-refractivity contribution is 0.626. The highest BCUT2D eigenvalue weighted by Gasteiger charge is 2.05. The van der Waals surface area contributed by atoms with Gasteiger partial charge in [0, 0.05) is 17.7 Å². The van der Waals surface area contributed by atoms with E-state index >= 15 is 0 Å². The highest BCUT2D eigenvalue weighted by atomic mass is 32.1. The maximum absolute atomic E-state index is 13.0. The van der Waals surface area contributed by atoms with Gasteiger partial charge >= 0.3 is 0 Å². The molecule has 0 amide bonds. The first-order chi connectivity index (χ1) is 8.06. The number of rotatable bonds is 2. The molecule has 2 rings (SSSR count). The molecule has 1 heterocycles. The zero-order valence-corrected chi connectivity index (χ0v) is 10.0. The van der Waals surface area contributed by atoms with Crippen LogP contribution in [-0.2, 0) is 6.42 Å².